The molecule has 0 unspecified atom stereocenters. The fourth-order valence-corrected chi connectivity index (χ4v) is 3.67. The number of aromatic nitrogens is 8. The van der Waals surface area contributed by atoms with Crippen molar-refractivity contribution in [1.82, 2.24) is 39.9 Å². The molecule has 2 N–H and O–H groups in total. The molecule has 1 aromatic carbocycles. The Morgan fingerprint density at radius 3 is 2.68 bits per heavy atom. The van der Waals surface area contributed by atoms with Crippen molar-refractivity contribution in [3.05, 3.63) is 66.9 Å². The van der Waals surface area contributed by atoms with Crippen molar-refractivity contribution in [3.8, 4) is 34.0 Å². The van der Waals surface area contributed by atoms with Gasteiger partial charge in [-0.3, -0.25) is 14.8 Å². The van der Waals surface area contributed by atoms with Gasteiger partial charge < -0.3 is 4.98 Å². The molecule has 31 heavy (non-hydrogen) atoms. The number of imidazole rings is 1. The number of fused-ring (bicyclic) bond motifs is 2. The van der Waals surface area contributed by atoms with Crippen molar-refractivity contribution >= 4 is 22.1 Å². The highest BCUT2D eigenvalue weighted by atomic mass is 19.1. The number of hydrogen-bond donors (Lipinski definition) is 2. The Morgan fingerprint density at radius 2 is 1.84 bits per heavy atom. The minimum absolute atomic E-state index is 0.322. The van der Waals surface area contributed by atoms with Gasteiger partial charge in [-0.05, 0) is 30.3 Å². The van der Waals surface area contributed by atoms with Crippen LogP contribution in [0.25, 0.3) is 56.1 Å². The van der Waals surface area contributed by atoms with Crippen molar-refractivity contribution in [2.75, 3.05) is 0 Å². The van der Waals surface area contributed by atoms with Gasteiger partial charge in [0.15, 0.2) is 11.5 Å². The summed E-state index contributed by atoms with van der Waals surface area (Å²) in [6.45, 7) is 0. The minimum atomic E-state index is -0.322. The molecule has 0 fully saturated rings. The monoisotopic (exact) mass is 410 g/mol. The fraction of sp³-hybridized carbons (Fsp3) is 0.0455. The molecule has 5 heterocycles. The smallest absolute Gasteiger partial charge is 0.161 e. The van der Waals surface area contributed by atoms with Crippen LogP contribution in [-0.2, 0) is 7.05 Å². The molecule has 6 aromatic rings. The van der Waals surface area contributed by atoms with Gasteiger partial charge in [0.2, 0.25) is 0 Å². The van der Waals surface area contributed by atoms with Crippen LogP contribution in [-0.4, -0.2) is 39.9 Å². The molecule has 0 aliphatic rings. The van der Waals surface area contributed by atoms with Crippen molar-refractivity contribution in [2.45, 2.75) is 0 Å². The fourth-order valence-electron chi connectivity index (χ4n) is 3.67. The third-order valence-electron chi connectivity index (χ3n) is 5.13. The Morgan fingerprint density at radius 1 is 0.935 bits per heavy atom. The number of H-pyrrole nitrogens is 2. The molecule has 150 valence electrons. The Kier molecular flexibility index (Phi) is 3.69. The lowest BCUT2D eigenvalue weighted by Crippen LogP contribution is -1.87. The lowest BCUT2D eigenvalue weighted by atomic mass is 10.1. The predicted molar refractivity (Wildman–Crippen MR) is 114 cm³/mol. The summed E-state index contributed by atoms with van der Waals surface area (Å²) in [6.07, 6.45) is 5.35. The summed E-state index contributed by atoms with van der Waals surface area (Å²) in [5.74, 6) is 0.236. The van der Waals surface area contributed by atoms with Gasteiger partial charge in [-0.1, -0.05) is 12.1 Å². The maximum atomic E-state index is 13.8. The first-order valence-electron chi connectivity index (χ1n) is 9.61. The molecule has 0 saturated heterocycles. The van der Waals surface area contributed by atoms with Crippen LogP contribution in [0.3, 0.4) is 0 Å². The van der Waals surface area contributed by atoms with E-state index in [0.717, 1.165) is 22.3 Å². The molecule has 9 heteroatoms. The van der Waals surface area contributed by atoms with Gasteiger partial charge in [-0.15, -0.1) is 0 Å². The SMILES string of the molecule is Cn1cc(-c2ccc3[nH]nc(-c4nc5c(-c6cccc(F)c6)nccc5[nH]4)c3n2)cn1. The zero-order valence-electron chi connectivity index (χ0n) is 16.3. The van der Waals surface area contributed by atoms with E-state index < -0.39 is 0 Å². The minimum Gasteiger partial charge on any atom is -0.336 e. The maximum Gasteiger partial charge on any atom is 0.161 e. The summed E-state index contributed by atoms with van der Waals surface area (Å²) in [5, 5.41) is 11.7. The van der Waals surface area contributed by atoms with E-state index in [2.05, 4.69) is 25.3 Å². The van der Waals surface area contributed by atoms with E-state index in [4.69, 9.17) is 9.97 Å². The highest BCUT2D eigenvalue weighted by molar-refractivity contribution is 5.95. The Labute approximate surface area is 174 Å². The molecule has 0 radical (unpaired) electrons. The number of nitrogens with one attached hydrogen (secondary N) is 2. The lowest BCUT2D eigenvalue weighted by molar-refractivity contribution is 0.628. The molecule has 0 saturated carbocycles. The van der Waals surface area contributed by atoms with Crippen molar-refractivity contribution in [2.24, 2.45) is 7.05 Å². The Hall–Kier alpha value is -4.40. The Bertz CT molecular complexity index is 1580. The zero-order chi connectivity index (χ0) is 20.9. The molecule has 6 rings (SSSR count). The average molecular weight is 410 g/mol. The third-order valence-corrected chi connectivity index (χ3v) is 5.13. The quantitative estimate of drug-likeness (QED) is 0.457. The second-order valence-corrected chi connectivity index (χ2v) is 7.22. The van der Waals surface area contributed by atoms with E-state index in [1.165, 1.54) is 12.1 Å². The number of rotatable bonds is 3. The van der Waals surface area contributed by atoms with Crippen LogP contribution in [0.1, 0.15) is 0 Å². The number of halogens is 1. The molecule has 0 bridgehead atoms. The second kappa shape index (κ2) is 6.56. The first-order valence-corrected chi connectivity index (χ1v) is 9.61. The highest BCUT2D eigenvalue weighted by Gasteiger charge is 2.17. The first-order chi connectivity index (χ1) is 15.2. The van der Waals surface area contributed by atoms with Crippen molar-refractivity contribution in [1.29, 1.82) is 0 Å². The molecule has 0 spiro atoms. The van der Waals surface area contributed by atoms with Gasteiger partial charge in [0.1, 0.15) is 16.9 Å². The van der Waals surface area contributed by atoms with E-state index in [9.17, 15) is 4.39 Å². The third kappa shape index (κ3) is 2.86. The highest BCUT2D eigenvalue weighted by Crippen LogP contribution is 2.30. The van der Waals surface area contributed by atoms with Crippen LogP contribution >= 0.6 is 0 Å². The number of pyridine rings is 2. The van der Waals surface area contributed by atoms with Crippen LogP contribution in [0.4, 0.5) is 4.39 Å². The summed E-state index contributed by atoms with van der Waals surface area (Å²) in [5.41, 5.74) is 6.48. The molecule has 8 nitrogen and oxygen atoms in total. The Balaban J connectivity index is 1.51. The van der Waals surface area contributed by atoms with Gasteiger partial charge in [-0.25, -0.2) is 14.4 Å². The van der Waals surface area contributed by atoms with Gasteiger partial charge >= 0.3 is 0 Å². The van der Waals surface area contributed by atoms with Gasteiger partial charge in [-0.2, -0.15) is 10.2 Å². The van der Waals surface area contributed by atoms with Crippen molar-refractivity contribution < 1.29 is 4.39 Å². The van der Waals surface area contributed by atoms with E-state index in [1.54, 1.807) is 23.1 Å². The number of aromatic amines is 2. The first kappa shape index (κ1) is 17.5. The summed E-state index contributed by atoms with van der Waals surface area (Å²) < 4.78 is 15.5. The second-order valence-electron chi connectivity index (χ2n) is 7.22. The largest absolute Gasteiger partial charge is 0.336 e. The number of hydrogen-bond acceptors (Lipinski definition) is 5. The van der Waals surface area contributed by atoms with E-state index in [0.29, 0.717) is 33.8 Å². The summed E-state index contributed by atoms with van der Waals surface area (Å²) in [7, 11) is 1.87. The molecule has 0 aliphatic heterocycles. The van der Waals surface area contributed by atoms with Crippen LogP contribution < -0.4 is 0 Å². The predicted octanol–water partition coefficient (Wildman–Crippen LogP) is 4.10. The standard InChI is InChI=1S/C22H15FN8/c1-31-11-13(10-25-31)15-5-6-17-20(26-15)21(30-29-17)22-27-16-7-8-24-18(19(16)28-22)12-3-2-4-14(23)9-12/h2-11H,1H3,(H,27,28)(H,29,30). The molecular weight excluding hydrogens is 395 g/mol. The molecule has 0 atom stereocenters. The van der Waals surface area contributed by atoms with Gasteiger partial charge in [0.05, 0.1) is 28.6 Å². The van der Waals surface area contributed by atoms with Crippen molar-refractivity contribution in [3.63, 3.8) is 0 Å². The molecule has 0 amide bonds. The molecular formula is C22H15FN8. The van der Waals surface area contributed by atoms with Gasteiger partial charge in [0, 0.05) is 30.6 Å². The molecule has 0 aliphatic carbocycles. The van der Waals surface area contributed by atoms with E-state index in [1.807, 2.05) is 37.5 Å². The zero-order valence-corrected chi connectivity index (χ0v) is 16.3. The topological polar surface area (TPSA) is 101 Å². The number of aryl methyl sites for hydroxylation is 1. The van der Waals surface area contributed by atoms with Crippen LogP contribution in [0.5, 0.6) is 0 Å². The van der Waals surface area contributed by atoms with E-state index >= 15 is 0 Å². The van der Waals surface area contributed by atoms with Crippen LogP contribution in [0.2, 0.25) is 0 Å². The molecule has 5 aromatic heterocycles. The van der Waals surface area contributed by atoms with Crippen LogP contribution in [0.15, 0.2) is 61.1 Å². The summed E-state index contributed by atoms with van der Waals surface area (Å²) in [4.78, 5) is 17.2. The van der Waals surface area contributed by atoms with Gasteiger partial charge in [0.25, 0.3) is 0 Å². The average Bonchev–Trinajstić information content (AvgIpc) is 3.50. The summed E-state index contributed by atoms with van der Waals surface area (Å²) in [6, 6.07) is 12.0. The maximum absolute atomic E-state index is 13.8. The summed E-state index contributed by atoms with van der Waals surface area (Å²) >= 11 is 0. The lowest BCUT2D eigenvalue weighted by Gasteiger charge is -2.01. The van der Waals surface area contributed by atoms with Crippen LogP contribution in [0, 0.1) is 5.82 Å². The normalized spacial score (nSPS) is 11.5. The number of nitrogens with zero attached hydrogens (tertiary/aromatic N) is 6. The van der Waals surface area contributed by atoms with E-state index in [-0.39, 0.29) is 5.82 Å². The number of benzene rings is 1.